The molecule has 0 fully saturated rings. The minimum Gasteiger partial charge on any atom is -0.363 e. The summed E-state index contributed by atoms with van der Waals surface area (Å²) >= 11 is 3.29. The average Bonchev–Trinajstić information content (AvgIpc) is 2.26. The van der Waals surface area contributed by atoms with Crippen LogP contribution in [0.25, 0.3) is 10.8 Å². The monoisotopic (exact) mass is 263 g/mol. The SMILES string of the molecule is C=C(Br)CNc1nncc2ccccc12. The molecule has 0 saturated carbocycles. The Hall–Kier alpha value is -1.42. The lowest BCUT2D eigenvalue weighted by Crippen LogP contribution is -2.04. The molecule has 76 valence electrons. The number of nitrogens with one attached hydrogen (secondary N) is 1. The molecule has 0 unspecified atom stereocenters. The lowest BCUT2D eigenvalue weighted by molar-refractivity contribution is 1.04. The van der Waals surface area contributed by atoms with Crippen LogP contribution in [-0.4, -0.2) is 16.7 Å². The molecule has 2 rings (SSSR count). The summed E-state index contributed by atoms with van der Waals surface area (Å²) in [7, 11) is 0. The summed E-state index contributed by atoms with van der Waals surface area (Å²) in [5.74, 6) is 0.786. The van der Waals surface area contributed by atoms with Crippen molar-refractivity contribution < 1.29 is 0 Å². The molecule has 1 aromatic carbocycles. The van der Waals surface area contributed by atoms with E-state index in [1.54, 1.807) is 6.20 Å². The van der Waals surface area contributed by atoms with Crippen LogP contribution >= 0.6 is 15.9 Å². The highest BCUT2D eigenvalue weighted by Gasteiger charge is 2.01. The van der Waals surface area contributed by atoms with Crippen molar-refractivity contribution in [3.63, 3.8) is 0 Å². The van der Waals surface area contributed by atoms with E-state index < -0.39 is 0 Å². The maximum Gasteiger partial charge on any atom is 0.156 e. The molecular weight excluding hydrogens is 254 g/mol. The molecule has 0 aliphatic rings. The normalized spacial score (nSPS) is 10.2. The van der Waals surface area contributed by atoms with Crippen LogP contribution in [0.5, 0.6) is 0 Å². The van der Waals surface area contributed by atoms with Gasteiger partial charge in [-0.25, -0.2) is 0 Å². The van der Waals surface area contributed by atoms with Gasteiger partial charge in [0.1, 0.15) is 0 Å². The second-order valence-electron chi connectivity index (χ2n) is 3.15. The van der Waals surface area contributed by atoms with Crippen molar-refractivity contribution in [1.29, 1.82) is 0 Å². The van der Waals surface area contributed by atoms with Gasteiger partial charge in [0, 0.05) is 21.8 Å². The van der Waals surface area contributed by atoms with E-state index in [0.29, 0.717) is 6.54 Å². The molecule has 0 atom stereocenters. The van der Waals surface area contributed by atoms with Gasteiger partial charge in [0.15, 0.2) is 5.82 Å². The summed E-state index contributed by atoms with van der Waals surface area (Å²) in [4.78, 5) is 0. The first-order chi connectivity index (χ1) is 7.27. The van der Waals surface area contributed by atoms with Crippen molar-refractivity contribution in [2.45, 2.75) is 0 Å². The van der Waals surface area contributed by atoms with Crippen molar-refractivity contribution in [1.82, 2.24) is 10.2 Å². The number of nitrogens with zero attached hydrogens (tertiary/aromatic N) is 2. The molecule has 0 aliphatic heterocycles. The van der Waals surface area contributed by atoms with Crippen LogP contribution in [-0.2, 0) is 0 Å². The number of hydrogen-bond donors (Lipinski definition) is 1. The van der Waals surface area contributed by atoms with E-state index in [1.807, 2.05) is 24.3 Å². The fraction of sp³-hybridized carbons (Fsp3) is 0.0909. The van der Waals surface area contributed by atoms with Crippen molar-refractivity contribution in [3.05, 3.63) is 41.5 Å². The van der Waals surface area contributed by atoms with Gasteiger partial charge < -0.3 is 5.32 Å². The van der Waals surface area contributed by atoms with Crippen LogP contribution < -0.4 is 5.32 Å². The summed E-state index contributed by atoms with van der Waals surface area (Å²) in [6, 6.07) is 8.00. The van der Waals surface area contributed by atoms with Gasteiger partial charge in [-0.05, 0) is 0 Å². The lowest BCUT2D eigenvalue weighted by Gasteiger charge is -2.06. The second-order valence-corrected chi connectivity index (χ2v) is 4.27. The van der Waals surface area contributed by atoms with Crippen molar-refractivity contribution in [2.75, 3.05) is 11.9 Å². The fourth-order valence-electron chi connectivity index (χ4n) is 1.34. The summed E-state index contributed by atoms with van der Waals surface area (Å²) in [6.45, 7) is 4.40. The Labute approximate surface area is 96.3 Å². The number of rotatable bonds is 3. The molecule has 1 aromatic heterocycles. The van der Waals surface area contributed by atoms with Gasteiger partial charge in [0.25, 0.3) is 0 Å². The third-order valence-electron chi connectivity index (χ3n) is 2.02. The third kappa shape index (κ3) is 2.33. The number of halogens is 1. The van der Waals surface area contributed by atoms with Gasteiger partial charge in [-0.2, -0.15) is 5.10 Å². The molecule has 0 amide bonds. The van der Waals surface area contributed by atoms with Crippen LogP contribution in [0, 0.1) is 0 Å². The molecule has 0 saturated heterocycles. The standard InChI is InChI=1S/C11H10BrN3/c1-8(12)6-13-11-10-5-3-2-4-9(10)7-14-15-11/h2-5,7H,1,6H2,(H,13,15). The van der Waals surface area contributed by atoms with Gasteiger partial charge in [0.05, 0.1) is 6.20 Å². The largest absolute Gasteiger partial charge is 0.363 e. The van der Waals surface area contributed by atoms with E-state index in [4.69, 9.17) is 0 Å². The van der Waals surface area contributed by atoms with Crippen molar-refractivity contribution in [2.24, 2.45) is 0 Å². The number of hydrogen-bond acceptors (Lipinski definition) is 3. The highest BCUT2D eigenvalue weighted by molar-refractivity contribution is 9.11. The van der Waals surface area contributed by atoms with Crippen LogP contribution in [0.15, 0.2) is 41.5 Å². The lowest BCUT2D eigenvalue weighted by atomic mass is 10.2. The first-order valence-electron chi connectivity index (χ1n) is 4.55. The van der Waals surface area contributed by atoms with E-state index in [-0.39, 0.29) is 0 Å². The van der Waals surface area contributed by atoms with Gasteiger partial charge in [-0.1, -0.05) is 46.8 Å². The highest BCUT2D eigenvalue weighted by atomic mass is 79.9. The minimum absolute atomic E-state index is 0.642. The molecule has 4 heteroatoms. The van der Waals surface area contributed by atoms with E-state index >= 15 is 0 Å². The Balaban J connectivity index is 2.38. The van der Waals surface area contributed by atoms with Crippen LogP contribution in [0.3, 0.4) is 0 Å². The molecule has 0 spiro atoms. The first kappa shape index (κ1) is 10.1. The third-order valence-corrected chi connectivity index (χ3v) is 2.30. The number of fused-ring (bicyclic) bond motifs is 1. The van der Waals surface area contributed by atoms with Gasteiger partial charge in [-0.3, -0.25) is 0 Å². The second kappa shape index (κ2) is 4.40. The molecule has 2 aromatic rings. The van der Waals surface area contributed by atoms with E-state index in [2.05, 4.69) is 38.0 Å². The molecule has 1 N–H and O–H groups in total. The number of anilines is 1. The first-order valence-corrected chi connectivity index (χ1v) is 5.34. The summed E-state index contributed by atoms with van der Waals surface area (Å²) in [5.41, 5.74) is 0. The Bertz CT molecular complexity index is 491. The Morgan fingerprint density at radius 2 is 2.20 bits per heavy atom. The smallest absolute Gasteiger partial charge is 0.156 e. The van der Waals surface area contributed by atoms with Gasteiger partial charge in [0.2, 0.25) is 0 Å². The predicted molar refractivity (Wildman–Crippen MR) is 66.1 cm³/mol. The maximum atomic E-state index is 4.06. The average molecular weight is 264 g/mol. The van der Waals surface area contributed by atoms with Crippen LogP contribution in [0.4, 0.5) is 5.82 Å². The van der Waals surface area contributed by atoms with E-state index in [0.717, 1.165) is 21.1 Å². The molecule has 0 radical (unpaired) electrons. The Morgan fingerprint density at radius 3 is 3.00 bits per heavy atom. The van der Waals surface area contributed by atoms with Crippen LogP contribution in [0.1, 0.15) is 0 Å². The molecular formula is C11H10BrN3. The quantitative estimate of drug-likeness (QED) is 0.926. The zero-order chi connectivity index (χ0) is 10.7. The fourth-order valence-corrected chi connectivity index (χ4v) is 1.48. The number of benzene rings is 1. The van der Waals surface area contributed by atoms with Crippen molar-refractivity contribution in [3.8, 4) is 0 Å². The topological polar surface area (TPSA) is 37.8 Å². The molecule has 15 heavy (non-hydrogen) atoms. The molecule has 1 heterocycles. The zero-order valence-electron chi connectivity index (χ0n) is 8.07. The van der Waals surface area contributed by atoms with Gasteiger partial charge >= 0.3 is 0 Å². The molecule has 0 bridgehead atoms. The summed E-state index contributed by atoms with van der Waals surface area (Å²) < 4.78 is 0.886. The van der Waals surface area contributed by atoms with E-state index in [9.17, 15) is 0 Å². The van der Waals surface area contributed by atoms with Crippen molar-refractivity contribution >= 4 is 32.5 Å². The molecule has 3 nitrogen and oxygen atoms in total. The Morgan fingerprint density at radius 1 is 1.40 bits per heavy atom. The molecule has 0 aliphatic carbocycles. The zero-order valence-corrected chi connectivity index (χ0v) is 9.66. The summed E-state index contributed by atoms with van der Waals surface area (Å²) in [5, 5.41) is 13.3. The minimum atomic E-state index is 0.642. The van der Waals surface area contributed by atoms with E-state index in [1.165, 1.54) is 0 Å². The summed E-state index contributed by atoms with van der Waals surface area (Å²) in [6.07, 6.45) is 1.75. The highest BCUT2D eigenvalue weighted by Crippen LogP contribution is 2.19. The predicted octanol–water partition coefficient (Wildman–Crippen LogP) is 2.95. The number of aromatic nitrogens is 2. The maximum absolute atomic E-state index is 4.06. The Kier molecular flexibility index (Phi) is 2.97. The van der Waals surface area contributed by atoms with Gasteiger partial charge in [-0.15, -0.1) is 5.10 Å². The van der Waals surface area contributed by atoms with Crippen LogP contribution in [0.2, 0.25) is 0 Å².